The van der Waals surface area contributed by atoms with Crippen LogP contribution in [0.3, 0.4) is 0 Å². The van der Waals surface area contributed by atoms with Crippen molar-refractivity contribution in [3.63, 3.8) is 0 Å². The summed E-state index contributed by atoms with van der Waals surface area (Å²) in [6, 6.07) is 5.22. The zero-order chi connectivity index (χ0) is 26.7. The molecular weight excluding hydrogens is 468 g/mol. The first kappa shape index (κ1) is 27.6. The molecule has 8 heteroatoms. The number of aryl methyl sites for hydroxylation is 1. The van der Waals surface area contributed by atoms with Crippen molar-refractivity contribution in [3.8, 4) is 0 Å². The minimum absolute atomic E-state index is 0.0196. The molecule has 1 aliphatic carbocycles. The van der Waals surface area contributed by atoms with Crippen LogP contribution in [-0.4, -0.2) is 72.1 Å². The molecule has 8 nitrogen and oxygen atoms in total. The van der Waals surface area contributed by atoms with Gasteiger partial charge in [-0.15, -0.1) is 0 Å². The van der Waals surface area contributed by atoms with E-state index in [0.29, 0.717) is 19.4 Å². The fourth-order valence-corrected chi connectivity index (χ4v) is 6.46. The zero-order valence-corrected chi connectivity index (χ0v) is 22.8. The summed E-state index contributed by atoms with van der Waals surface area (Å²) in [5.41, 5.74) is 3.34. The quantitative estimate of drug-likeness (QED) is 0.497. The van der Waals surface area contributed by atoms with E-state index >= 15 is 0 Å². The third-order valence-corrected chi connectivity index (χ3v) is 8.76. The van der Waals surface area contributed by atoms with E-state index in [0.717, 1.165) is 49.8 Å². The molecule has 3 N–H and O–H groups in total. The Labute approximate surface area is 221 Å². The molecule has 2 unspecified atom stereocenters. The molecule has 4 rings (SSSR count). The van der Waals surface area contributed by atoms with Gasteiger partial charge >= 0.3 is 0 Å². The molecule has 3 amide bonds. The number of hydrogen-bond donors (Lipinski definition) is 3. The van der Waals surface area contributed by atoms with Crippen LogP contribution in [0.15, 0.2) is 18.2 Å². The highest BCUT2D eigenvalue weighted by atomic mass is 16.3. The molecule has 2 fully saturated rings. The van der Waals surface area contributed by atoms with Crippen LogP contribution in [0.1, 0.15) is 82.8 Å². The highest BCUT2D eigenvalue weighted by molar-refractivity contribution is 5.94. The topological polar surface area (TPSA) is 102 Å². The molecule has 0 radical (unpaired) electrons. The van der Waals surface area contributed by atoms with Crippen molar-refractivity contribution < 1.29 is 19.5 Å². The molecule has 37 heavy (non-hydrogen) atoms. The largest absolute Gasteiger partial charge is 0.391 e. The fourth-order valence-electron chi connectivity index (χ4n) is 6.46. The van der Waals surface area contributed by atoms with Gasteiger partial charge in [-0.25, -0.2) is 0 Å². The SMILES string of the molecule is CCc1ccc2c(c1)C(C[C@H]1CC(O)CN1C(=O)[C@@H](NC(=O)[C@H](C)NC)C1CCCCC1)CN2C(C)=O. The lowest BCUT2D eigenvalue weighted by Gasteiger charge is -2.36. The van der Waals surface area contributed by atoms with Crippen molar-refractivity contribution in [1.82, 2.24) is 15.5 Å². The molecule has 2 aliphatic heterocycles. The van der Waals surface area contributed by atoms with Gasteiger partial charge in [0.25, 0.3) is 0 Å². The smallest absolute Gasteiger partial charge is 0.245 e. The van der Waals surface area contributed by atoms with Gasteiger partial charge in [0.05, 0.1) is 12.1 Å². The number of nitrogens with zero attached hydrogens (tertiary/aromatic N) is 2. The van der Waals surface area contributed by atoms with Crippen molar-refractivity contribution in [2.24, 2.45) is 5.92 Å². The molecule has 204 valence electrons. The van der Waals surface area contributed by atoms with Crippen molar-refractivity contribution in [2.75, 3.05) is 25.0 Å². The average molecular weight is 513 g/mol. The summed E-state index contributed by atoms with van der Waals surface area (Å²) in [4.78, 5) is 42.9. The van der Waals surface area contributed by atoms with Crippen molar-refractivity contribution in [3.05, 3.63) is 29.3 Å². The molecule has 5 atom stereocenters. The maximum Gasteiger partial charge on any atom is 0.245 e. The normalized spacial score (nSPS) is 25.6. The number of anilines is 1. The summed E-state index contributed by atoms with van der Waals surface area (Å²) < 4.78 is 0. The number of carbonyl (C=O) groups excluding carboxylic acids is 3. The minimum Gasteiger partial charge on any atom is -0.391 e. The molecule has 0 spiro atoms. The Bertz CT molecular complexity index is 992. The number of aliphatic hydroxyl groups is 1. The Balaban J connectivity index is 1.56. The lowest BCUT2D eigenvalue weighted by Crippen LogP contribution is -2.56. The lowest BCUT2D eigenvalue weighted by molar-refractivity contribution is -0.140. The summed E-state index contributed by atoms with van der Waals surface area (Å²) in [6.45, 7) is 6.39. The van der Waals surface area contributed by atoms with Gasteiger partial charge in [0, 0.05) is 37.7 Å². The summed E-state index contributed by atoms with van der Waals surface area (Å²) in [7, 11) is 1.74. The molecule has 1 saturated carbocycles. The summed E-state index contributed by atoms with van der Waals surface area (Å²) in [5, 5.41) is 16.7. The molecule has 3 aliphatic rings. The third-order valence-electron chi connectivity index (χ3n) is 8.76. The molecule has 0 aromatic heterocycles. The van der Waals surface area contributed by atoms with E-state index in [-0.39, 0.29) is 48.2 Å². The predicted molar refractivity (Wildman–Crippen MR) is 144 cm³/mol. The second-order valence-electron chi connectivity index (χ2n) is 11.2. The molecule has 1 aromatic rings. The first-order valence-electron chi connectivity index (χ1n) is 14.1. The van der Waals surface area contributed by atoms with Crippen LogP contribution in [0.25, 0.3) is 0 Å². The fraction of sp³-hybridized carbons (Fsp3) is 0.690. The highest BCUT2D eigenvalue weighted by Gasteiger charge is 2.43. The van der Waals surface area contributed by atoms with E-state index in [1.807, 2.05) is 15.9 Å². The monoisotopic (exact) mass is 512 g/mol. The van der Waals surface area contributed by atoms with Gasteiger partial charge in [0.1, 0.15) is 6.04 Å². The second-order valence-corrected chi connectivity index (χ2v) is 11.2. The Morgan fingerprint density at radius 3 is 2.51 bits per heavy atom. The van der Waals surface area contributed by atoms with Gasteiger partial charge in [-0.1, -0.05) is 38.3 Å². The third kappa shape index (κ3) is 6.01. The van der Waals surface area contributed by atoms with E-state index in [1.54, 1.807) is 20.9 Å². The van der Waals surface area contributed by atoms with Crippen LogP contribution in [-0.2, 0) is 20.8 Å². The molecular formula is C29H44N4O4. The predicted octanol–water partition coefficient (Wildman–Crippen LogP) is 2.72. The van der Waals surface area contributed by atoms with E-state index in [2.05, 4.69) is 29.7 Å². The van der Waals surface area contributed by atoms with Crippen molar-refractivity contribution in [1.29, 1.82) is 0 Å². The number of carbonyl (C=O) groups is 3. The molecule has 0 bridgehead atoms. The first-order valence-corrected chi connectivity index (χ1v) is 14.1. The minimum atomic E-state index is -0.584. The second kappa shape index (κ2) is 11.9. The number of aliphatic hydroxyl groups excluding tert-OH is 1. The van der Waals surface area contributed by atoms with Gasteiger partial charge in [0.2, 0.25) is 17.7 Å². The average Bonchev–Trinajstić information content (AvgIpc) is 3.46. The zero-order valence-electron chi connectivity index (χ0n) is 22.8. The number of amides is 3. The Morgan fingerprint density at radius 2 is 1.86 bits per heavy atom. The molecule has 1 saturated heterocycles. The van der Waals surface area contributed by atoms with Gasteiger partial charge in [0.15, 0.2) is 0 Å². The standard InChI is InChI=1S/C29H44N4O4/c1-5-20-11-12-26-25(13-20)22(16-32(26)19(3)34)14-23-15-24(35)17-33(23)29(37)27(21-9-7-6-8-10-21)31-28(36)18(2)30-4/h11-13,18,21-24,27,30,35H,5-10,14-17H2,1-4H3,(H,31,36)/t18-,22?,23-,24?,27-/m0/s1. The maximum atomic E-state index is 14.1. The molecule has 2 heterocycles. The number of benzene rings is 1. The van der Waals surface area contributed by atoms with Crippen LogP contribution < -0.4 is 15.5 Å². The number of likely N-dealkylation sites (N-methyl/N-ethyl adjacent to an activating group) is 1. The number of rotatable bonds is 8. The number of hydrogen-bond acceptors (Lipinski definition) is 5. The highest BCUT2D eigenvalue weighted by Crippen LogP contribution is 2.42. The van der Waals surface area contributed by atoms with Gasteiger partial charge < -0.3 is 25.5 Å². The van der Waals surface area contributed by atoms with E-state index in [1.165, 1.54) is 5.56 Å². The number of nitrogens with one attached hydrogen (secondary N) is 2. The Morgan fingerprint density at radius 1 is 1.14 bits per heavy atom. The van der Waals surface area contributed by atoms with E-state index in [4.69, 9.17) is 0 Å². The molecule has 1 aromatic carbocycles. The van der Waals surface area contributed by atoms with E-state index < -0.39 is 12.1 Å². The number of β-amino-alcohol motifs (C(OH)–C–C–N with tert-alkyl or cyclic N) is 1. The first-order chi connectivity index (χ1) is 17.7. The van der Waals surface area contributed by atoms with Crippen LogP contribution in [0.4, 0.5) is 5.69 Å². The maximum absolute atomic E-state index is 14.1. The van der Waals surface area contributed by atoms with E-state index in [9.17, 15) is 19.5 Å². The van der Waals surface area contributed by atoms with Gasteiger partial charge in [-0.3, -0.25) is 14.4 Å². The van der Waals surface area contributed by atoms with Crippen LogP contribution in [0, 0.1) is 5.92 Å². The van der Waals surface area contributed by atoms with Crippen LogP contribution >= 0.6 is 0 Å². The van der Waals surface area contributed by atoms with Crippen molar-refractivity contribution in [2.45, 2.75) is 102 Å². The van der Waals surface area contributed by atoms with Crippen molar-refractivity contribution >= 4 is 23.4 Å². The lowest BCUT2D eigenvalue weighted by atomic mass is 9.83. The van der Waals surface area contributed by atoms with Crippen LogP contribution in [0.5, 0.6) is 0 Å². The van der Waals surface area contributed by atoms with Crippen LogP contribution in [0.2, 0.25) is 0 Å². The Hall–Kier alpha value is -2.45. The van der Waals surface area contributed by atoms with Gasteiger partial charge in [-0.05, 0) is 69.2 Å². The number of fused-ring (bicyclic) bond motifs is 1. The number of likely N-dealkylation sites (tertiary alicyclic amines) is 1. The summed E-state index contributed by atoms with van der Waals surface area (Å²) in [6.07, 6.45) is 6.69. The summed E-state index contributed by atoms with van der Waals surface area (Å²) >= 11 is 0. The summed E-state index contributed by atoms with van der Waals surface area (Å²) in [5.74, 6) is -0.0139. The van der Waals surface area contributed by atoms with Gasteiger partial charge in [-0.2, -0.15) is 0 Å². The Kier molecular flexibility index (Phi) is 8.90.